The fraction of sp³-hybridized carbons (Fsp3) is 0.600. The van der Waals surface area contributed by atoms with Gasteiger partial charge in [-0.05, 0) is 19.4 Å². The van der Waals surface area contributed by atoms with Gasteiger partial charge in [0.25, 0.3) is 5.56 Å². The van der Waals surface area contributed by atoms with Gasteiger partial charge in [0.05, 0.1) is 12.1 Å². The van der Waals surface area contributed by atoms with Crippen molar-refractivity contribution < 1.29 is 19.1 Å². The molecule has 1 aromatic heterocycles. The Morgan fingerprint density at radius 3 is 2.68 bits per heavy atom. The van der Waals surface area contributed by atoms with Crippen molar-refractivity contribution in [2.75, 3.05) is 0 Å². The first-order valence-electron chi connectivity index (χ1n) is 6.23. The summed E-state index contributed by atoms with van der Waals surface area (Å²) in [5.41, 5.74) is 5.73. The first-order chi connectivity index (χ1) is 10.2. The van der Waals surface area contributed by atoms with Gasteiger partial charge in [-0.25, -0.2) is 4.79 Å². The molecule has 11 nitrogen and oxygen atoms in total. The Hall–Kier alpha value is -1.90. The van der Waals surface area contributed by atoms with Crippen LogP contribution < -0.4 is 11.2 Å². The van der Waals surface area contributed by atoms with Crippen molar-refractivity contribution in [2.45, 2.75) is 37.9 Å². The number of hydrogen-bond donors (Lipinski definition) is 3. The van der Waals surface area contributed by atoms with Crippen molar-refractivity contribution >= 4 is 7.60 Å². The molecule has 0 aliphatic carbocycles. The lowest BCUT2D eigenvalue weighted by Gasteiger charge is -2.23. The molecule has 1 aliphatic rings. The number of ether oxygens (including phenoxy) is 1. The van der Waals surface area contributed by atoms with Crippen molar-refractivity contribution in [2.24, 2.45) is 5.11 Å². The Bertz CT molecular complexity index is 790. The second kappa shape index (κ2) is 5.71. The molecular weight excluding hydrogens is 317 g/mol. The summed E-state index contributed by atoms with van der Waals surface area (Å²) in [7, 11) is -4.75. The number of rotatable bonds is 3. The Labute approximate surface area is 123 Å². The van der Waals surface area contributed by atoms with Crippen LogP contribution in [0, 0.1) is 6.92 Å². The van der Waals surface area contributed by atoms with E-state index in [0.29, 0.717) is 0 Å². The molecule has 1 fully saturated rings. The van der Waals surface area contributed by atoms with E-state index in [0.717, 1.165) is 10.8 Å². The lowest BCUT2D eigenvalue weighted by molar-refractivity contribution is 0.00535. The Kier molecular flexibility index (Phi) is 4.28. The third-order valence-electron chi connectivity index (χ3n) is 3.47. The lowest BCUT2D eigenvalue weighted by atomic mass is 10.1. The SMILES string of the molecule is Cc1cn([C@H]2O[C@H](C)[C@@H](N=[N+]=[N-])C2P(=O)(O)O)c(=O)[nH]c1=O. The van der Waals surface area contributed by atoms with Gasteiger partial charge < -0.3 is 14.5 Å². The van der Waals surface area contributed by atoms with E-state index in [-0.39, 0.29) is 5.56 Å². The maximum atomic E-state index is 11.9. The van der Waals surface area contributed by atoms with Crippen LogP contribution in [-0.2, 0) is 9.30 Å². The first kappa shape index (κ1) is 16.5. The number of azide groups is 1. The molecule has 3 N–H and O–H groups in total. The Morgan fingerprint density at radius 2 is 2.14 bits per heavy atom. The highest BCUT2D eigenvalue weighted by molar-refractivity contribution is 7.52. The minimum Gasteiger partial charge on any atom is -0.353 e. The van der Waals surface area contributed by atoms with Crippen molar-refractivity contribution in [3.63, 3.8) is 0 Å². The molecule has 2 rings (SSSR count). The van der Waals surface area contributed by atoms with Crippen LogP contribution in [0.3, 0.4) is 0 Å². The van der Waals surface area contributed by atoms with Crippen molar-refractivity contribution in [3.8, 4) is 0 Å². The van der Waals surface area contributed by atoms with E-state index < -0.39 is 42.9 Å². The van der Waals surface area contributed by atoms with Crippen LogP contribution >= 0.6 is 7.60 Å². The molecule has 1 unspecified atom stereocenters. The quantitative estimate of drug-likeness (QED) is 0.304. The van der Waals surface area contributed by atoms with Crippen LogP contribution in [0.1, 0.15) is 18.7 Å². The second-order valence-electron chi connectivity index (χ2n) is 4.99. The first-order valence-corrected chi connectivity index (χ1v) is 7.92. The summed E-state index contributed by atoms with van der Waals surface area (Å²) in [6, 6.07) is -1.14. The molecule has 4 atom stereocenters. The number of nitrogens with zero attached hydrogens (tertiary/aromatic N) is 4. The predicted molar refractivity (Wildman–Crippen MR) is 74.4 cm³/mol. The average Bonchev–Trinajstić information content (AvgIpc) is 2.71. The molecule has 0 radical (unpaired) electrons. The van der Waals surface area contributed by atoms with Gasteiger partial charge in [0.15, 0.2) is 6.23 Å². The van der Waals surface area contributed by atoms with Crippen LogP contribution in [0.4, 0.5) is 0 Å². The van der Waals surface area contributed by atoms with E-state index in [1.165, 1.54) is 13.8 Å². The molecule has 120 valence electrons. The Morgan fingerprint density at radius 1 is 1.50 bits per heavy atom. The van der Waals surface area contributed by atoms with Gasteiger partial charge in [-0.3, -0.25) is 18.9 Å². The largest absolute Gasteiger partial charge is 0.353 e. The monoisotopic (exact) mass is 331 g/mol. The number of H-pyrrole nitrogens is 1. The van der Waals surface area contributed by atoms with E-state index in [9.17, 15) is 23.9 Å². The van der Waals surface area contributed by atoms with Crippen LogP contribution in [0.25, 0.3) is 10.4 Å². The number of nitrogens with one attached hydrogen (secondary N) is 1. The zero-order chi connectivity index (χ0) is 16.7. The zero-order valence-electron chi connectivity index (χ0n) is 11.7. The predicted octanol–water partition coefficient (Wildman–Crippen LogP) is -0.0125. The fourth-order valence-electron chi connectivity index (χ4n) is 2.42. The molecule has 2 heterocycles. The van der Waals surface area contributed by atoms with E-state index >= 15 is 0 Å². The lowest BCUT2D eigenvalue weighted by Crippen LogP contribution is -2.38. The molecule has 22 heavy (non-hydrogen) atoms. The topological polar surface area (TPSA) is 170 Å². The highest BCUT2D eigenvalue weighted by Crippen LogP contribution is 2.53. The van der Waals surface area contributed by atoms with E-state index in [1.54, 1.807) is 0 Å². The number of aromatic amines is 1. The van der Waals surface area contributed by atoms with Crippen LogP contribution in [-0.4, -0.2) is 37.1 Å². The van der Waals surface area contributed by atoms with Gasteiger partial charge in [-0.1, -0.05) is 5.11 Å². The highest BCUT2D eigenvalue weighted by Gasteiger charge is 2.52. The molecule has 0 saturated carbocycles. The van der Waals surface area contributed by atoms with Crippen LogP contribution in [0.5, 0.6) is 0 Å². The van der Waals surface area contributed by atoms with Crippen molar-refractivity contribution in [1.29, 1.82) is 0 Å². The van der Waals surface area contributed by atoms with Gasteiger partial charge in [0, 0.05) is 16.7 Å². The standard InChI is InChI=1S/C10H14N5O6P/c1-4-3-15(10(17)12-8(4)16)9-7(22(18,19)20)6(13-14-11)5(2)21-9/h3,5-7,9H,1-2H3,(H,12,16,17)(H2,18,19,20)/t5-,6-,7?,9+/m1/s1. The fourth-order valence-corrected chi connectivity index (χ4v) is 3.67. The summed E-state index contributed by atoms with van der Waals surface area (Å²) in [4.78, 5) is 47.0. The Balaban J connectivity index is 2.61. The number of aryl methyl sites for hydroxylation is 1. The summed E-state index contributed by atoms with van der Waals surface area (Å²) in [5, 5.41) is 3.37. The molecule has 1 saturated heterocycles. The average molecular weight is 331 g/mol. The minimum atomic E-state index is -4.75. The van der Waals surface area contributed by atoms with E-state index in [1.807, 2.05) is 4.98 Å². The summed E-state index contributed by atoms with van der Waals surface area (Å²) in [6.45, 7) is 2.91. The number of aromatic nitrogens is 2. The van der Waals surface area contributed by atoms with E-state index in [4.69, 9.17) is 10.3 Å². The highest BCUT2D eigenvalue weighted by atomic mass is 31.2. The van der Waals surface area contributed by atoms with Gasteiger partial charge in [0.1, 0.15) is 5.66 Å². The van der Waals surface area contributed by atoms with Gasteiger partial charge in [0.2, 0.25) is 0 Å². The van der Waals surface area contributed by atoms with Crippen LogP contribution in [0.15, 0.2) is 20.9 Å². The molecule has 0 spiro atoms. The molecular formula is C10H14N5O6P. The summed E-state index contributed by atoms with van der Waals surface area (Å²) in [5.74, 6) is 0. The third-order valence-corrected chi connectivity index (χ3v) is 4.81. The molecule has 0 aromatic carbocycles. The summed E-state index contributed by atoms with van der Waals surface area (Å²) >= 11 is 0. The van der Waals surface area contributed by atoms with Crippen molar-refractivity contribution in [3.05, 3.63) is 43.0 Å². The van der Waals surface area contributed by atoms with Gasteiger partial charge >= 0.3 is 13.3 Å². The van der Waals surface area contributed by atoms with Gasteiger partial charge in [-0.15, -0.1) is 0 Å². The maximum Gasteiger partial charge on any atom is 0.333 e. The maximum absolute atomic E-state index is 11.9. The molecule has 0 bridgehead atoms. The van der Waals surface area contributed by atoms with E-state index in [2.05, 4.69) is 10.0 Å². The second-order valence-corrected chi connectivity index (χ2v) is 6.76. The normalized spacial score (nSPS) is 28.4. The van der Waals surface area contributed by atoms with Crippen LogP contribution in [0.2, 0.25) is 0 Å². The third kappa shape index (κ3) is 2.85. The minimum absolute atomic E-state index is 0.174. The van der Waals surface area contributed by atoms with Crippen molar-refractivity contribution in [1.82, 2.24) is 9.55 Å². The molecule has 0 amide bonds. The summed E-state index contributed by atoms with van der Waals surface area (Å²) < 4.78 is 18.1. The van der Waals surface area contributed by atoms with Gasteiger partial charge in [-0.2, -0.15) is 0 Å². The molecule has 12 heteroatoms. The molecule has 1 aliphatic heterocycles. The number of hydrogen-bond acceptors (Lipinski definition) is 5. The molecule has 1 aromatic rings. The zero-order valence-corrected chi connectivity index (χ0v) is 12.5. The smallest absolute Gasteiger partial charge is 0.333 e. The summed E-state index contributed by atoms with van der Waals surface area (Å²) in [6.07, 6.45) is -1.01.